The van der Waals surface area contributed by atoms with Gasteiger partial charge in [-0.2, -0.15) is 9.78 Å². The number of esters is 1. The molecule has 0 aliphatic carbocycles. The van der Waals surface area contributed by atoms with Crippen LogP contribution >= 0.6 is 0 Å². The SMILES string of the molecule is COC(=O)c1cn(-c2ccccc2N)cc2c(=O)n(-c3ccc(OC)cc3)nc1-2. The van der Waals surface area contributed by atoms with E-state index in [0.717, 1.165) is 0 Å². The van der Waals surface area contributed by atoms with E-state index in [4.69, 9.17) is 15.2 Å². The standard InChI is InChI=1S/C21H18N4O4/c1-28-14-9-7-13(8-10-14)25-20(26)15-11-24(18-6-4-3-5-17(18)22)12-16(19(15)23-25)21(27)29-2/h3-12H,22H2,1-2H3. The van der Waals surface area contributed by atoms with Gasteiger partial charge in [-0.3, -0.25) is 4.79 Å². The van der Waals surface area contributed by atoms with Gasteiger partial charge in [-0.25, -0.2) is 4.79 Å². The number of aromatic nitrogens is 3. The minimum atomic E-state index is -0.599. The van der Waals surface area contributed by atoms with Gasteiger partial charge in [-0.15, -0.1) is 0 Å². The van der Waals surface area contributed by atoms with Gasteiger partial charge in [-0.05, 0) is 36.4 Å². The summed E-state index contributed by atoms with van der Waals surface area (Å²) in [5.74, 6) is 0.0591. The largest absolute Gasteiger partial charge is 0.497 e. The lowest BCUT2D eigenvalue weighted by molar-refractivity contribution is 0.0600. The Labute approximate surface area is 166 Å². The maximum atomic E-state index is 13.1. The van der Waals surface area contributed by atoms with E-state index < -0.39 is 5.97 Å². The van der Waals surface area contributed by atoms with E-state index in [2.05, 4.69) is 5.10 Å². The maximum Gasteiger partial charge on any atom is 0.341 e. The zero-order chi connectivity index (χ0) is 20.5. The highest BCUT2D eigenvalue weighted by atomic mass is 16.5. The van der Waals surface area contributed by atoms with Crippen molar-refractivity contribution in [1.29, 1.82) is 0 Å². The van der Waals surface area contributed by atoms with Gasteiger partial charge >= 0.3 is 5.97 Å². The molecular formula is C21H18N4O4. The fourth-order valence-corrected chi connectivity index (χ4v) is 3.13. The number of hydrogen-bond acceptors (Lipinski definition) is 6. The number of rotatable bonds is 4. The molecule has 8 nitrogen and oxygen atoms in total. The second-order valence-electron chi connectivity index (χ2n) is 6.31. The Hall–Kier alpha value is -4.07. The minimum Gasteiger partial charge on any atom is -0.497 e. The van der Waals surface area contributed by atoms with Crippen LogP contribution in [-0.2, 0) is 4.74 Å². The van der Waals surface area contributed by atoms with Crippen LogP contribution in [0.25, 0.3) is 22.6 Å². The number of benzene rings is 2. The van der Waals surface area contributed by atoms with E-state index >= 15 is 0 Å². The molecule has 146 valence electrons. The average Bonchev–Trinajstić information content (AvgIpc) is 3.09. The average molecular weight is 390 g/mol. The highest BCUT2D eigenvalue weighted by Crippen LogP contribution is 2.26. The highest BCUT2D eigenvalue weighted by molar-refractivity contribution is 5.96. The molecule has 2 heterocycles. The zero-order valence-corrected chi connectivity index (χ0v) is 15.8. The molecule has 0 radical (unpaired) electrons. The number of methoxy groups -OCH3 is 2. The number of fused-ring (bicyclic) bond motifs is 1. The number of nitrogen functional groups attached to an aromatic ring is 1. The van der Waals surface area contributed by atoms with Crippen molar-refractivity contribution in [3.63, 3.8) is 0 Å². The maximum absolute atomic E-state index is 13.1. The van der Waals surface area contributed by atoms with E-state index in [0.29, 0.717) is 22.8 Å². The van der Waals surface area contributed by atoms with Crippen LogP contribution in [0.2, 0.25) is 0 Å². The van der Waals surface area contributed by atoms with E-state index in [1.54, 1.807) is 66.5 Å². The van der Waals surface area contributed by atoms with Crippen molar-refractivity contribution in [2.24, 2.45) is 0 Å². The first-order valence-corrected chi connectivity index (χ1v) is 8.76. The van der Waals surface area contributed by atoms with Gasteiger partial charge in [0.2, 0.25) is 0 Å². The van der Waals surface area contributed by atoms with Crippen molar-refractivity contribution in [3.8, 4) is 28.4 Å². The van der Waals surface area contributed by atoms with Gasteiger partial charge in [0.05, 0.1) is 36.8 Å². The van der Waals surface area contributed by atoms with Gasteiger partial charge in [0.15, 0.2) is 0 Å². The lowest BCUT2D eigenvalue weighted by Crippen LogP contribution is -2.15. The van der Waals surface area contributed by atoms with E-state index in [1.165, 1.54) is 11.8 Å². The Morgan fingerprint density at radius 1 is 1.03 bits per heavy atom. The minimum absolute atomic E-state index is 0.164. The molecule has 0 aromatic heterocycles. The number of carbonyl (C=O) groups is 1. The molecule has 2 aliphatic rings. The first kappa shape index (κ1) is 18.3. The Balaban J connectivity index is 1.97. The third-order valence-electron chi connectivity index (χ3n) is 4.61. The second kappa shape index (κ2) is 7.16. The van der Waals surface area contributed by atoms with Crippen molar-refractivity contribution in [3.05, 3.63) is 76.8 Å². The van der Waals surface area contributed by atoms with Crippen LogP contribution in [0.3, 0.4) is 0 Å². The van der Waals surface area contributed by atoms with Crippen molar-refractivity contribution in [2.75, 3.05) is 20.0 Å². The number of carbonyl (C=O) groups excluding carboxylic acids is 1. The molecule has 0 fully saturated rings. The third-order valence-corrected chi connectivity index (χ3v) is 4.61. The zero-order valence-electron chi connectivity index (χ0n) is 15.8. The van der Waals surface area contributed by atoms with Crippen molar-refractivity contribution < 1.29 is 14.3 Å². The number of nitrogens with two attached hydrogens (primary N) is 1. The first-order valence-electron chi connectivity index (χ1n) is 8.76. The summed E-state index contributed by atoms with van der Waals surface area (Å²) in [7, 11) is 2.84. The molecule has 0 bridgehead atoms. The molecular weight excluding hydrogens is 372 g/mol. The number of anilines is 1. The second-order valence-corrected chi connectivity index (χ2v) is 6.31. The molecule has 29 heavy (non-hydrogen) atoms. The summed E-state index contributed by atoms with van der Waals surface area (Å²) >= 11 is 0. The number of nitrogens with zero attached hydrogens (tertiary/aromatic N) is 3. The van der Waals surface area contributed by atoms with Crippen LogP contribution in [0, 0.1) is 0 Å². The lowest BCUT2D eigenvalue weighted by atomic mass is 10.1. The normalized spacial score (nSPS) is 10.8. The Morgan fingerprint density at radius 3 is 2.41 bits per heavy atom. The molecule has 4 rings (SSSR count). The summed E-state index contributed by atoms with van der Waals surface area (Å²) in [4.78, 5) is 25.5. The van der Waals surface area contributed by atoms with Crippen LogP contribution in [0.1, 0.15) is 10.4 Å². The topological polar surface area (TPSA) is 101 Å². The third kappa shape index (κ3) is 3.10. The summed E-state index contributed by atoms with van der Waals surface area (Å²) in [5.41, 5.74) is 8.08. The summed E-state index contributed by atoms with van der Waals surface area (Å²) in [6, 6.07) is 14.0. The van der Waals surface area contributed by atoms with Gasteiger partial charge in [0, 0.05) is 12.4 Å². The van der Waals surface area contributed by atoms with Crippen LogP contribution in [0.4, 0.5) is 5.69 Å². The van der Waals surface area contributed by atoms with Gasteiger partial charge in [-0.1, -0.05) is 12.1 Å². The molecule has 0 spiro atoms. The van der Waals surface area contributed by atoms with Crippen LogP contribution < -0.4 is 16.0 Å². The van der Waals surface area contributed by atoms with Gasteiger partial charge in [0.1, 0.15) is 17.0 Å². The molecule has 2 N–H and O–H groups in total. The summed E-state index contributed by atoms with van der Waals surface area (Å²) in [5, 5.41) is 4.38. The molecule has 0 unspecified atom stereocenters. The Kier molecular flexibility index (Phi) is 4.52. The quantitative estimate of drug-likeness (QED) is 0.424. The molecule has 0 saturated carbocycles. The first-order chi connectivity index (χ1) is 14.0. The Morgan fingerprint density at radius 2 is 1.76 bits per heavy atom. The van der Waals surface area contributed by atoms with E-state index in [1.807, 2.05) is 6.07 Å². The summed E-state index contributed by atoms with van der Waals surface area (Å²) < 4.78 is 12.9. The Bertz CT molecular complexity index is 1220. The van der Waals surface area contributed by atoms with Gasteiger partial charge in [0.25, 0.3) is 5.56 Å². The van der Waals surface area contributed by atoms with E-state index in [-0.39, 0.29) is 22.4 Å². The van der Waals surface area contributed by atoms with Crippen molar-refractivity contribution in [2.45, 2.75) is 0 Å². The van der Waals surface area contributed by atoms with Crippen LogP contribution in [0.5, 0.6) is 5.75 Å². The van der Waals surface area contributed by atoms with Crippen molar-refractivity contribution in [1.82, 2.24) is 14.3 Å². The lowest BCUT2D eigenvalue weighted by Gasteiger charge is -2.13. The molecule has 8 heteroatoms. The number of ether oxygens (including phenoxy) is 2. The number of pyridine rings is 1. The van der Waals surface area contributed by atoms with E-state index in [9.17, 15) is 9.59 Å². The predicted octanol–water partition coefficient (Wildman–Crippen LogP) is 2.51. The number of para-hydroxylation sites is 2. The van der Waals surface area contributed by atoms with Crippen LogP contribution in [0.15, 0.2) is 65.7 Å². The molecule has 0 atom stereocenters. The molecule has 0 amide bonds. The summed E-state index contributed by atoms with van der Waals surface area (Å²) in [6.45, 7) is 0. The molecule has 2 aliphatic heterocycles. The fraction of sp³-hybridized carbons (Fsp3) is 0.0952. The smallest absolute Gasteiger partial charge is 0.341 e. The fourth-order valence-electron chi connectivity index (χ4n) is 3.13. The van der Waals surface area contributed by atoms with Gasteiger partial charge < -0.3 is 19.8 Å². The van der Waals surface area contributed by atoms with Crippen molar-refractivity contribution >= 4 is 11.7 Å². The molecule has 0 saturated heterocycles. The summed E-state index contributed by atoms with van der Waals surface area (Å²) in [6.07, 6.45) is 3.17. The predicted molar refractivity (Wildman–Crippen MR) is 108 cm³/mol. The number of hydrogen-bond donors (Lipinski definition) is 1. The van der Waals surface area contributed by atoms with Crippen LogP contribution in [-0.4, -0.2) is 34.5 Å². The molecule has 2 aromatic rings. The molecule has 2 aromatic carbocycles. The highest BCUT2D eigenvalue weighted by Gasteiger charge is 2.25. The monoisotopic (exact) mass is 390 g/mol.